The quantitative estimate of drug-likeness (QED) is 0.893. The van der Waals surface area contributed by atoms with E-state index in [9.17, 15) is 0 Å². The van der Waals surface area contributed by atoms with Crippen LogP contribution in [-0.4, -0.2) is 36.7 Å². The van der Waals surface area contributed by atoms with Crippen LogP contribution in [0.2, 0.25) is 5.02 Å². The molecule has 0 aromatic heterocycles. The molecule has 2 atom stereocenters. The maximum absolute atomic E-state index is 6.17. The van der Waals surface area contributed by atoms with Crippen molar-refractivity contribution < 1.29 is 4.74 Å². The minimum atomic E-state index is 0.0763. The highest BCUT2D eigenvalue weighted by Crippen LogP contribution is 2.35. The van der Waals surface area contributed by atoms with Crippen LogP contribution in [0.15, 0.2) is 24.3 Å². The molecule has 0 bridgehead atoms. The van der Waals surface area contributed by atoms with Gasteiger partial charge in [-0.15, -0.1) is 0 Å². The third kappa shape index (κ3) is 4.69. The van der Waals surface area contributed by atoms with E-state index < -0.39 is 0 Å². The SMILES string of the molecule is CC(C)(C)N1CCCC([C@@H](OCCN)c2cccc(Cl)c2)C1. The average Bonchev–Trinajstić information content (AvgIpc) is 2.47. The first-order valence-corrected chi connectivity index (χ1v) is 8.62. The number of piperidine rings is 1. The third-order valence-corrected chi connectivity index (χ3v) is 4.66. The van der Waals surface area contributed by atoms with Gasteiger partial charge < -0.3 is 10.5 Å². The van der Waals surface area contributed by atoms with Gasteiger partial charge in [0.2, 0.25) is 0 Å². The molecular formula is C18H29ClN2O. The first-order chi connectivity index (χ1) is 10.4. The van der Waals surface area contributed by atoms with Gasteiger partial charge in [-0.2, -0.15) is 0 Å². The molecule has 22 heavy (non-hydrogen) atoms. The fraction of sp³-hybridized carbons (Fsp3) is 0.667. The highest BCUT2D eigenvalue weighted by Gasteiger charge is 2.33. The Balaban J connectivity index is 2.17. The zero-order chi connectivity index (χ0) is 16.2. The summed E-state index contributed by atoms with van der Waals surface area (Å²) in [5.74, 6) is 0.484. The van der Waals surface area contributed by atoms with Gasteiger partial charge in [-0.1, -0.05) is 23.7 Å². The molecule has 1 aromatic rings. The molecule has 1 aliphatic rings. The fourth-order valence-electron chi connectivity index (χ4n) is 3.25. The number of nitrogens with zero attached hydrogens (tertiary/aromatic N) is 1. The van der Waals surface area contributed by atoms with Crippen molar-refractivity contribution >= 4 is 11.6 Å². The van der Waals surface area contributed by atoms with E-state index in [4.69, 9.17) is 22.1 Å². The van der Waals surface area contributed by atoms with Crippen molar-refractivity contribution in [1.29, 1.82) is 0 Å². The molecule has 124 valence electrons. The predicted octanol–water partition coefficient (Wildman–Crippen LogP) is 3.87. The Labute approximate surface area is 139 Å². The van der Waals surface area contributed by atoms with Crippen LogP contribution in [0.1, 0.15) is 45.3 Å². The Morgan fingerprint density at radius 2 is 2.18 bits per heavy atom. The number of rotatable bonds is 5. The largest absolute Gasteiger partial charge is 0.372 e. The van der Waals surface area contributed by atoms with Gasteiger partial charge in [-0.05, 0) is 57.9 Å². The van der Waals surface area contributed by atoms with E-state index in [0.717, 1.165) is 11.6 Å². The Kier molecular flexibility index (Phi) is 6.27. The van der Waals surface area contributed by atoms with Crippen molar-refractivity contribution in [2.45, 2.75) is 45.3 Å². The van der Waals surface area contributed by atoms with Crippen LogP contribution in [0.5, 0.6) is 0 Å². The Bertz CT molecular complexity index is 472. The van der Waals surface area contributed by atoms with Crippen LogP contribution in [0.4, 0.5) is 0 Å². The summed E-state index contributed by atoms with van der Waals surface area (Å²) in [6, 6.07) is 8.05. The van der Waals surface area contributed by atoms with E-state index in [2.05, 4.69) is 31.7 Å². The van der Waals surface area contributed by atoms with Gasteiger partial charge in [0.15, 0.2) is 0 Å². The minimum Gasteiger partial charge on any atom is -0.372 e. The van der Waals surface area contributed by atoms with E-state index in [1.165, 1.54) is 24.9 Å². The summed E-state index contributed by atoms with van der Waals surface area (Å²) in [6.45, 7) is 10.2. The predicted molar refractivity (Wildman–Crippen MR) is 93.2 cm³/mol. The molecule has 4 heteroatoms. The molecule has 0 spiro atoms. The molecule has 1 fully saturated rings. The molecule has 1 unspecified atom stereocenters. The highest BCUT2D eigenvalue weighted by atomic mass is 35.5. The second kappa shape index (κ2) is 7.78. The molecule has 1 aliphatic heterocycles. The Hall–Kier alpha value is -0.610. The van der Waals surface area contributed by atoms with E-state index >= 15 is 0 Å². The topological polar surface area (TPSA) is 38.5 Å². The monoisotopic (exact) mass is 324 g/mol. The Morgan fingerprint density at radius 1 is 1.41 bits per heavy atom. The van der Waals surface area contributed by atoms with Gasteiger partial charge >= 0.3 is 0 Å². The molecular weight excluding hydrogens is 296 g/mol. The summed E-state index contributed by atoms with van der Waals surface area (Å²) in [6.07, 6.45) is 2.48. The van der Waals surface area contributed by atoms with Crippen LogP contribution in [-0.2, 0) is 4.74 Å². The lowest BCUT2D eigenvalue weighted by molar-refractivity contribution is -0.0287. The van der Waals surface area contributed by atoms with E-state index in [1.54, 1.807) is 0 Å². The van der Waals surface area contributed by atoms with Gasteiger partial charge in [-0.25, -0.2) is 0 Å². The maximum atomic E-state index is 6.17. The number of likely N-dealkylation sites (tertiary alicyclic amines) is 1. The molecule has 2 N–H and O–H groups in total. The van der Waals surface area contributed by atoms with Crippen LogP contribution in [0.25, 0.3) is 0 Å². The molecule has 3 nitrogen and oxygen atoms in total. The summed E-state index contributed by atoms with van der Waals surface area (Å²) in [4.78, 5) is 2.56. The van der Waals surface area contributed by atoms with E-state index in [1.807, 2.05) is 18.2 Å². The smallest absolute Gasteiger partial charge is 0.0866 e. The fourth-order valence-corrected chi connectivity index (χ4v) is 3.45. The van der Waals surface area contributed by atoms with Crippen molar-refractivity contribution in [3.63, 3.8) is 0 Å². The molecule has 1 saturated heterocycles. The number of benzene rings is 1. The molecule has 0 radical (unpaired) electrons. The highest BCUT2D eigenvalue weighted by molar-refractivity contribution is 6.30. The van der Waals surface area contributed by atoms with Crippen LogP contribution >= 0.6 is 11.6 Å². The normalized spacial score (nSPS) is 21.8. The van der Waals surface area contributed by atoms with Gasteiger partial charge in [0.25, 0.3) is 0 Å². The van der Waals surface area contributed by atoms with Crippen molar-refractivity contribution in [3.8, 4) is 0 Å². The first-order valence-electron chi connectivity index (χ1n) is 8.24. The van der Waals surface area contributed by atoms with Crippen LogP contribution in [0.3, 0.4) is 0 Å². The number of hydrogen-bond donors (Lipinski definition) is 1. The number of nitrogens with two attached hydrogens (primary N) is 1. The molecule has 2 rings (SSSR count). The van der Waals surface area contributed by atoms with Gasteiger partial charge in [0, 0.05) is 29.6 Å². The number of hydrogen-bond acceptors (Lipinski definition) is 3. The molecule has 0 saturated carbocycles. The lowest BCUT2D eigenvalue weighted by Gasteiger charge is -2.43. The van der Waals surface area contributed by atoms with Crippen LogP contribution < -0.4 is 5.73 Å². The molecule has 0 aliphatic carbocycles. The summed E-state index contributed by atoms with van der Waals surface area (Å²) >= 11 is 6.17. The molecule has 1 aromatic carbocycles. The number of ether oxygens (including phenoxy) is 1. The van der Waals surface area contributed by atoms with Gasteiger partial charge in [-0.3, -0.25) is 4.90 Å². The maximum Gasteiger partial charge on any atom is 0.0866 e. The molecule has 1 heterocycles. The summed E-state index contributed by atoms with van der Waals surface area (Å²) in [5.41, 5.74) is 7.02. The van der Waals surface area contributed by atoms with Crippen LogP contribution in [0, 0.1) is 5.92 Å². The summed E-state index contributed by atoms with van der Waals surface area (Å²) in [7, 11) is 0. The number of halogens is 1. The van der Waals surface area contributed by atoms with Gasteiger partial charge in [0.05, 0.1) is 12.7 Å². The standard InChI is InChI=1S/C18H29ClN2O/c1-18(2,3)21-10-5-7-15(13-21)17(22-11-9-20)14-6-4-8-16(19)12-14/h4,6,8,12,15,17H,5,7,9-11,13,20H2,1-3H3/t15?,17-/m0/s1. The van der Waals surface area contributed by atoms with Crippen molar-refractivity contribution in [1.82, 2.24) is 4.90 Å². The van der Waals surface area contributed by atoms with Gasteiger partial charge in [0.1, 0.15) is 0 Å². The minimum absolute atomic E-state index is 0.0763. The zero-order valence-electron chi connectivity index (χ0n) is 14.0. The molecule has 0 amide bonds. The third-order valence-electron chi connectivity index (χ3n) is 4.43. The second-order valence-corrected chi connectivity index (χ2v) is 7.59. The summed E-state index contributed by atoms with van der Waals surface area (Å²) in [5, 5.41) is 0.766. The van der Waals surface area contributed by atoms with E-state index in [0.29, 0.717) is 19.1 Å². The average molecular weight is 325 g/mol. The van der Waals surface area contributed by atoms with E-state index in [-0.39, 0.29) is 11.6 Å². The lowest BCUT2D eigenvalue weighted by Crippen LogP contribution is -2.48. The first kappa shape index (κ1) is 17.7. The second-order valence-electron chi connectivity index (χ2n) is 7.15. The van der Waals surface area contributed by atoms with Crippen molar-refractivity contribution in [3.05, 3.63) is 34.9 Å². The van der Waals surface area contributed by atoms with Crippen molar-refractivity contribution in [2.24, 2.45) is 11.7 Å². The van der Waals surface area contributed by atoms with Crippen molar-refractivity contribution in [2.75, 3.05) is 26.2 Å². The lowest BCUT2D eigenvalue weighted by atomic mass is 9.86. The zero-order valence-corrected chi connectivity index (χ0v) is 14.8. The summed E-state index contributed by atoms with van der Waals surface area (Å²) < 4.78 is 6.12. The Morgan fingerprint density at radius 3 is 2.82 bits per heavy atom.